The SMILES string of the molecule is Cl.NCC1CCCC1NC(=O)c1csc(-c2ccc(Br)s2)n1. The van der Waals surface area contributed by atoms with E-state index in [1.807, 2.05) is 17.5 Å². The fourth-order valence-electron chi connectivity index (χ4n) is 2.67. The number of thiazole rings is 1. The molecule has 1 aliphatic carbocycles. The topological polar surface area (TPSA) is 68.0 Å². The molecular weight excluding hydrogens is 406 g/mol. The van der Waals surface area contributed by atoms with E-state index in [1.165, 1.54) is 11.3 Å². The van der Waals surface area contributed by atoms with Gasteiger partial charge < -0.3 is 11.1 Å². The Labute approximate surface area is 152 Å². The molecule has 22 heavy (non-hydrogen) atoms. The van der Waals surface area contributed by atoms with Gasteiger partial charge in [-0.15, -0.1) is 35.1 Å². The molecule has 2 aromatic rings. The van der Waals surface area contributed by atoms with Crippen LogP contribution in [0.2, 0.25) is 0 Å². The van der Waals surface area contributed by atoms with Crippen LogP contribution in [0.4, 0.5) is 0 Å². The van der Waals surface area contributed by atoms with Gasteiger partial charge >= 0.3 is 0 Å². The summed E-state index contributed by atoms with van der Waals surface area (Å²) in [5.41, 5.74) is 6.26. The number of hydrogen-bond donors (Lipinski definition) is 2. The summed E-state index contributed by atoms with van der Waals surface area (Å²) < 4.78 is 1.07. The lowest BCUT2D eigenvalue weighted by Gasteiger charge is -2.18. The molecule has 0 spiro atoms. The lowest BCUT2D eigenvalue weighted by molar-refractivity contribution is 0.0924. The molecule has 3 N–H and O–H groups in total. The van der Waals surface area contributed by atoms with Crippen molar-refractivity contribution in [1.82, 2.24) is 10.3 Å². The summed E-state index contributed by atoms with van der Waals surface area (Å²) in [5, 5.41) is 5.80. The lowest BCUT2D eigenvalue weighted by Crippen LogP contribution is -2.39. The first-order valence-corrected chi connectivity index (χ1v) is 9.38. The summed E-state index contributed by atoms with van der Waals surface area (Å²) in [6, 6.07) is 4.20. The molecule has 8 heteroatoms. The molecule has 0 aliphatic heterocycles. The smallest absolute Gasteiger partial charge is 0.271 e. The van der Waals surface area contributed by atoms with E-state index in [9.17, 15) is 4.79 Å². The quantitative estimate of drug-likeness (QED) is 0.785. The summed E-state index contributed by atoms with van der Waals surface area (Å²) in [5.74, 6) is 0.318. The number of rotatable bonds is 4. The van der Waals surface area contributed by atoms with Gasteiger partial charge in [-0.25, -0.2) is 4.98 Å². The number of carbonyl (C=O) groups is 1. The maximum Gasteiger partial charge on any atom is 0.271 e. The molecule has 0 radical (unpaired) electrons. The summed E-state index contributed by atoms with van der Waals surface area (Å²) in [6.45, 7) is 0.635. The van der Waals surface area contributed by atoms with Crippen LogP contribution in [0.1, 0.15) is 29.8 Å². The number of nitrogens with two attached hydrogens (primary N) is 1. The average Bonchev–Trinajstić information content (AvgIpc) is 3.17. The second-order valence-corrected chi connectivity index (χ2v) is 8.47. The third kappa shape index (κ3) is 3.89. The van der Waals surface area contributed by atoms with E-state index in [0.29, 0.717) is 18.2 Å². The first-order chi connectivity index (χ1) is 10.2. The minimum absolute atomic E-state index is 0. The van der Waals surface area contributed by atoms with E-state index < -0.39 is 0 Å². The zero-order valence-corrected chi connectivity index (χ0v) is 15.8. The van der Waals surface area contributed by atoms with Crippen molar-refractivity contribution < 1.29 is 4.79 Å². The Morgan fingerprint density at radius 2 is 2.27 bits per heavy atom. The van der Waals surface area contributed by atoms with Crippen molar-refractivity contribution in [2.24, 2.45) is 11.7 Å². The van der Waals surface area contributed by atoms with Gasteiger partial charge in [-0.1, -0.05) is 6.42 Å². The molecule has 120 valence electrons. The largest absolute Gasteiger partial charge is 0.348 e. The Morgan fingerprint density at radius 1 is 1.45 bits per heavy atom. The molecule has 0 aromatic carbocycles. The Bertz CT molecular complexity index is 646. The van der Waals surface area contributed by atoms with E-state index >= 15 is 0 Å². The zero-order valence-electron chi connectivity index (χ0n) is 11.8. The fourth-order valence-corrected chi connectivity index (χ4v) is 4.93. The van der Waals surface area contributed by atoms with Crippen LogP contribution in [0, 0.1) is 5.92 Å². The normalized spacial score (nSPS) is 20.6. The van der Waals surface area contributed by atoms with Crippen molar-refractivity contribution >= 4 is 56.9 Å². The Kier molecular flexibility index (Phi) is 6.40. The Hall–Kier alpha value is -0.470. The summed E-state index contributed by atoms with van der Waals surface area (Å²) in [7, 11) is 0. The number of carbonyl (C=O) groups excluding carboxylic acids is 1. The highest BCUT2D eigenvalue weighted by Crippen LogP contribution is 2.33. The van der Waals surface area contributed by atoms with Crippen LogP contribution in [0.15, 0.2) is 21.3 Å². The van der Waals surface area contributed by atoms with E-state index in [4.69, 9.17) is 5.73 Å². The lowest BCUT2D eigenvalue weighted by atomic mass is 10.0. The third-order valence-electron chi connectivity index (χ3n) is 3.80. The molecule has 2 atom stereocenters. The predicted octanol–water partition coefficient (Wildman–Crippen LogP) is 3.91. The van der Waals surface area contributed by atoms with Gasteiger partial charge in [0.05, 0.1) is 8.66 Å². The predicted molar refractivity (Wildman–Crippen MR) is 98.0 cm³/mol. The number of nitrogens with zero attached hydrogens (tertiary/aromatic N) is 1. The Morgan fingerprint density at radius 3 is 2.95 bits per heavy atom. The molecule has 1 saturated carbocycles. The van der Waals surface area contributed by atoms with Crippen LogP contribution >= 0.6 is 51.0 Å². The molecular formula is C14H17BrClN3OS2. The summed E-state index contributed by atoms with van der Waals surface area (Å²) >= 11 is 6.56. The number of hydrogen-bond acceptors (Lipinski definition) is 5. The molecule has 1 fully saturated rings. The van der Waals surface area contributed by atoms with Gasteiger partial charge in [0.15, 0.2) is 0 Å². The number of amides is 1. The molecule has 3 rings (SSSR count). The molecule has 4 nitrogen and oxygen atoms in total. The maximum atomic E-state index is 12.3. The zero-order chi connectivity index (χ0) is 14.8. The van der Waals surface area contributed by atoms with E-state index in [2.05, 4.69) is 26.2 Å². The molecule has 2 aromatic heterocycles. The second kappa shape index (κ2) is 7.88. The van der Waals surface area contributed by atoms with Crippen LogP contribution in [0.3, 0.4) is 0 Å². The number of aromatic nitrogens is 1. The summed E-state index contributed by atoms with van der Waals surface area (Å²) in [6.07, 6.45) is 3.26. The van der Waals surface area contributed by atoms with Crippen molar-refractivity contribution in [3.05, 3.63) is 27.0 Å². The number of halogens is 2. The number of thiophene rings is 1. The van der Waals surface area contributed by atoms with Crippen LogP contribution in [0.5, 0.6) is 0 Å². The van der Waals surface area contributed by atoms with Crippen molar-refractivity contribution in [2.75, 3.05) is 6.54 Å². The monoisotopic (exact) mass is 421 g/mol. The average molecular weight is 423 g/mol. The molecule has 2 heterocycles. The molecule has 1 amide bonds. The minimum Gasteiger partial charge on any atom is -0.348 e. The van der Waals surface area contributed by atoms with Crippen molar-refractivity contribution in [2.45, 2.75) is 25.3 Å². The fraction of sp³-hybridized carbons (Fsp3) is 0.429. The van der Waals surface area contributed by atoms with Crippen LogP contribution in [-0.4, -0.2) is 23.5 Å². The molecule has 0 saturated heterocycles. The van der Waals surface area contributed by atoms with E-state index in [1.54, 1.807) is 11.3 Å². The van der Waals surface area contributed by atoms with Gasteiger partial charge in [-0.2, -0.15) is 0 Å². The van der Waals surface area contributed by atoms with Gasteiger partial charge in [0.25, 0.3) is 5.91 Å². The third-order valence-corrected chi connectivity index (χ3v) is 6.43. The highest BCUT2D eigenvalue weighted by Gasteiger charge is 2.28. The second-order valence-electron chi connectivity index (χ2n) is 5.15. The van der Waals surface area contributed by atoms with Crippen molar-refractivity contribution in [1.29, 1.82) is 0 Å². The molecule has 0 bridgehead atoms. The molecule has 2 unspecified atom stereocenters. The highest BCUT2D eigenvalue weighted by atomic mass is 79.9. The van der Waals surface area contributed by atoms with Crippen LogP contribution < -0.4 is 11.1 Å². The minimum atomic E-state index is -0.0847. The standard InChI is InChI=1S/C14H16BrN3OS2.ClH/c15-12-5-4-11(21-12)14-18-10(7-20-14)13(19)17-9-3-1-2-8(9)6-16;/h4-5,7-9H,1-3,6,16H2,(H,17,19);1H. The summed E-state index contributed by atoms with van der Waals surface area (Å²) in [4.78, 5) is 17.8. The Balaban J connectivity index is 0.00000176. The van der Waals surface area contributed by atoms with Gasteiger partial charge in [0.1, 0.15) is 10.7 Å². The van der Waals surface area contributed by atoms with E-state index in [-0.39, 0.29) is 24.4 Å². The maximum absolute atomic E-state index is 12.3. The first-order valence-electron chi connectivity index (χ1n) is 6.89. The number of nitrogens with one attached hydrogen (secondary N) is 1. The molecule has 1 aliphatic rings. The van der Waals surface area contributed by atoms with E-state index in [0.717, 1.165) is 32.9 Å². The van der Waals surface area contributed by atoms with Gasteiger partial charge in [-0.05, 0) is 53.4 Å². The highest BCUT2D eigenvalue weighted by molar-refractivity contribution is 9.11. The first kappa shape index (κ1) is 17.9. The van der Waals surface area contributed by atoms with Crippen LogP contribution in [0.25, 0.3) is 9.88 Å². The van der Waals surface area contributed by atoms with Crippen molar-refractivity contribution in [3.8, 4) is 9.88 Å². The van der Waals surface area contributed by atoms with Gasteiger partial charge in [0, 0.05) is 11.4 Å². The van der Waals surface area contributed by atoms with Crippen molar-refractivity contribution in [3.63, 3.8) is 0 Å². The van der Waals surface area contributed by atoms with Crippen LogP contribution in [-0.2, 0) is 0 Å². The van der Waals surface area contributed by atoms with Gasteiger partial charge in [0.2, 0.25) is 0 Å². The van der Waals surface area contributed by atoms with Gasteiger partial charge in [-0.3, -0.25) is 4.79 Å².